The lowest BCUT2D eigenvalue weighted by atomic mass is 10.2. The van der Waals surface area contributed by atoms with Gasteiger partial charge in [0.2, 0.25) is 0 Å². The van der Waals surface area contributed by atoms with Crippen molar-refractivity contribution in [3.63, 3.8) is 0 Å². The van der Waals surface area contributed by atoms with Crippen molar-refractivity contribution >= 4 is 40.7 Å². The summed E-state index contributed by atoms with van der Waals surface area (Å²) < 4.78 is 7.22. The van der Waals surface area contributed by atoms with Crippen LogP contribution in [0, 0.1) is 30.3 Å². The van der Waals surface area contributed by atoms with Crippen molar-refractivity contribution in [2.45, 2.75) is 23.5 Å². The highest BCUT2D eigenvalue weighted by Crippen LogP contribution is 2.33. The number of hydrazone groups is 1. The third kappa shape index (κ3) is 5.43. The van der Waals surface area contributed by atoms with Crippen molar-refractivity contribution in [2.24, 2.45) is 5.10 Å². The summed E-state index contributed by atoms with van der Waals surface area (Å²) in [6.07, 6.45) is 2.77. The van der Waals surface area contributed by atoms with Gasteiger partial charge < -0.3 is 4.42 Å². The zero-order valence-electron chi connectivity index (χ0n) is 18.9. The quantitative estimate of drug-likeness (QED) is 0.168. The van der Waals surface area contributed by atoms with E-state index in [2.05, 4.69) is 20.7 Å². The van der Waals surface area contributed by atoms with Crippen LogP contribution in [0.1, 0.15) is 12.5 Å². The zero-order chi connectivity index (χ0) is 26.5. The molecule has 0 aliphatic rings. The van der Waals surface area contributed by atoms with Gasteiger partial charge in [0.05, 0.1) is 33.3 Å². The maximum absolute atomic E-state index is 11.3. The largest absolute Gasteiger partial charge is 0.461 e. The van der Waals surface area contributed by atoms with Gasteiger partial charge in [-0.15, -0.1) is 10.2 Å². The lowest BCUT2D eigenvalue weighted by molar-refractivity contribution is -0.393. The molecular formula is C21H16N8O7S. The van der Waals surface area contributed by atoms with Crippen molar-refractivity contribution < 1.29 is 19.2 Å². The van der Waals surface area contributed by atoms with Crippen molar-refractivity contribution in [3.8, 4) is 11.6 Å². The van der Waals surface area contributed by atoms with E-state index in [0.29, 0.717) is 33.7 Å². The Morgan fingerprint density at radius 2 is 1.76 bits per heavy atom. The van der Waals surface area contributed by atoms with Crippen LogP contribution in [0.25, 0.3) is 11.6 Å². The Balaban J connectivity index is 1.65. The Kier molecular flexibility index (Phi) is 7.19. The highest BCUT2D eigenvalue weighted by molar-refractivity contribution is 7.99. The SMILES string of the molecule is CCn1c(Sc2ccc([N+](=O)[O-])cc2/C=N\Nc2ccc([N+](=O)[O-])cc2[N+](=O)[O-])nnc1-c1ccco1. The molecule has 1 N–H and O–H groups in total. The number of hydrogen-bond donors (Lipinski definition) is 1. The molecule has 2 aromatic carbocycles. The Hall–Kier alpha value is -5.12. The van der Waals surface area contributed by atoms with Crippen LogP contribution in [0.4, 0.5) is 22.7 Å². The average Bonchev–Trinajstić information content (AvgIpc) is 3.54. The predicted octanol–water partition coefficient (Wildman–Crippen LogP) is 4.88. The number of nitro benzene ring substituents is 3. The number of nitrogens with one attached hydrogen (secondary N) is 1. The first kappa shape index (κ1) is 25.0. The van der Waals surface area contributed by atoms with Crippen LogP contribution in [0.2, 0.25) is 0 Å². The fourth-order valence-corrected chi connectivity index (χ4v) is 4.20. The summed E-state index contributed by atoms with van der Waals surface area (Å²) in [4.78, 5) is 32.1. The first-order valence-electron chi connectivity index (χ1n) is 10.4. The number of aromatic nitrogens is 3. The summed E-state index contributed by atoms with van der Waals surface area (Å²) in [5.74, 6) is 1.04. The number of anilines is 1. The topological polar surface area (TPSA) is 198 Å². The van der Waals surface area contributed by atoms with Crippen LogP contribution in [-0.2, 0) is 6.54 Å². The minimum atomic E-state index is -0.784. The predicted molar refractivity (Wildman–Crippen MR) is 132 cm³/mol. The second-order valence-electron chi connectivity index (χ2n) is 7.19. The second kappa shape index (κ2) is 10.6. The van der Waals surface area contributed by atoms with Gasteiger partial charge in [0, 0.05) is 35.2 Å². The van der Waals surface area contributed by atoms with Crippen LogP contribution in [0.15, 0.2) is 74.4 Å². The molecular weight excluding hydrogens is 508 g/mol. The number of non-ortho nitro benzene ring substituents is 2. The van der Waals surface area contributed by atoms with Crippen molar-refractivity contribution in [1.29, 1.82) is 0 Å². The second-order valence-corrected chi connectivity index (χ2v) is 8.20. The lowest BCUT2D eigenvalue weighted by Gasteiger charge is -2.08. The molecule has 37 heavy (non-hydrogen) atoms. The Morgan fingerprint density at radius 1 is 1.03 bits per heavy atom. The monoisotopic (exact) mass is 524 g/mol. The third-order valence-electron chi connectivity index (χ3n) is 4.96. The molecule has 0 amide bonds. The summed E-state index contributed by atoms with van der Waals surface area (Å²) >= 11 is 1.19. The molecule has 0 unspecified atom stereocenters. The van der Waals surface area contributed by atoms with Gasteiger partial charge in [0.15, 0.2) is 16.7 Å². The van der Waals surface area contributed by atoms with Crippen molar-refractivity contribution in [2.75, 3.05) is 5.43 Å². The van der Waals surface area contributed by atoms with Crippen LogP contribution in [-0.4, -0.2) is 35.7 Å². The molecule has 15 nitrogen and oxygen atoms in total. The molecule has 188 valence electrons. The minimum Gasteiger partial charge on any atom is -0.461 e. The van der Waals surface area contributed by atoms with Gasteiger partial charge in [-0.05, 0) is 43.0 Å². The van der Waals surface area contributed by atoms with Gasteiger partial charge in [-0.3, -0.25) is 40.3 Å². The van der Waals surface area contributed by atoms with Gasteiger partial charge in [-0.25, -0.2) is 0 Å². The van der Waals surface area contributed by atoms with Crippen LogP contribution < -0.4 is 5.43 Å². The first-order chi connectivity index (χ1) is 17.8. The molecule has 2 heterocycles. The minimum absolute atomic E-state index is 0.0969. The van der Waals surface area contributed by atoms with E-state index >= 15 is 0 Å². The fraction of sp³-hybridized carbons (Fsp3) is 0.0952. The maximum atomic E-state index is 11.3. The van der Waals surface area contributed by atoms with Crippen LogP contribution in [0.3, 0.4) is 0 Å². The van der Waals surface area contributed by atoms with Gasteiger partial charge in [0.25, 0.3) is 11.4 Å². The number of benzene rings is 2. The Labute approximate surface area is 211 Å². The van der Waals surface area contributed by atoms with Crippen molar-refractivity contribution in [3.05, 3.63) is 90.7 Å². The van der Waals surface area contributed by atoms with Gasteiger partial charge in [-0.1, -0.05) is 0 Å². The molecule has 0 spiro atoms. The van der Waals surface area contributed by atoms with E-state index < -0.39 is 26.1 Å². The summed E-state index contributed by atoms with van der Waals surface area (Å²) in [6.45, 7) is 2.42. The lowest BCUT2D eigenvalue weighted by Crippen LogP contribution is -2.01. The highest BCUT2D eigenvalue weighted by atomic mass is 32.2. The van der Waals surface area contributed by atoms with Gasteiger partial charge in [0.1, 0.15) is 5.69 Å². The smallest absolute Gasteiger partial charge is 0.301 e. The fourth-order valence-electron chi connectivity index (χ4n) is 3.23. The molecule has 0 atom stereocenters. The summed E-state index contributed by atoms with van der Waals surface area (Å²) in [5, 5.41) is 46.5. The molecule has 4 rings (SSSR count). The standard InChI is InChI=1S/C21H16N8O7S/c1-2-26-20(18-4-3-9-36-18)24-25-21(26)37-19-8-6-14(27(30)31)10-13(19)12-22-23-16-7-5-15(28(32)33)11-17(16)29(34)35/h3-12,23H,2H2,1H3/b22-12-. The molecule has 0 fully saturated rings. The number of nitro groups is 3. The van der Waals surface area contributed by atoms with Gasteiger partial charge in [-0.2, -0.15) is 5.10 Å². The van der Waals surface area contributed by atoms with E-state index in [9.17, 15) is 30.3 Å². The first-order valence-corrected chi connectivity index (χ1v) is 11.3. The molecule has 0 aliphatic heterocycles. The van der Waals surface area contributed by atoms with Gasteiger partial charge >= 0.3 is 5.69 Å². The average molecular weight is 524 g/mol. The summed E-state index contributed by atoms with van der Waals surface area (Å²) in [7, 11) is 0. The number of nitrogens with zero attached hydrogens (tertiary/aromatic N) is 7. The highest BCUT2D eigenvalue weighted by Gasteiger charge is 2.20. The molecule has 0 saturated heterocycles. The molecule has 2 aromatic heterocycles. The third-order valence-corrected chi connectivity index (χ3v) is 6.03. The maximum Gasteiger partial charge on any atom is 0.301 e. The molecule has 0 bridgehead atoms. The molecule has 0 saturated carbocycles. The molecule has 16 heteroatoms. The normalized spacial score (nSPS) is 11.1. The van der Waals surface area contributed by atoms with Crippen LogP contribution in [0.5, 0.6) is 0 Å². The summed E-state index contributed by atoms with van der Waals surface area (Å²) in [6, 6.07) is 10.7. The number of rotatable bonds is 10. The van der Waals surface area contributed by atoms with E-state index in [-0.39, 0.29) is 11.4 Å². The van der Waals surface area contributed by atoms with Crippen molar-refractivity contribution in [1.82, 2.24) is 14.8 Å². The van der Waals surface area contributed by atoms with E-state index in [0.717, 1.165) is 18.2 Å². The van der Waals surface area contributed by atoms with Crippen LogP contribution >= 0.6 is 11.8 Å². The Bertz CT molecular complexity index is 1520. The molecule has 0 aliphatic carbocycles. The number of furan rings is 1. The number of hydrogen-bond acceptors (Lipinski definition) is 12. The van der Waals surface area contributed by atoms with E-state index in [1.165, 1.54) is 42.4 Å². The van der Waals surface area contributed by atoms with E-state index in [4.69, 9.17) is 4.42 Å². The zero-order valence-corrected chi connectivity index (χ0v) is 19.7. The van der Waals surface area contributed by atoms with E-state index in [1.807, 2.05) is 11.5 Å². The van der Waals surface area contributed by atoms with E-state index in [1.54, 1.807) is 12.1 Å². The summed E-state index contributed by atoms with van der Waals surface area (Å²) in [5.41, 5.74) is 1.50. The Morgan fingerprint density at radius 3 is 2.41 bits per heavy atom. The molecule has 4 aromatic rings. The molecule has 0 radical (unpaired) electrons.